The maximum absolute atomic E-state index is 3.54. The second-order valence-electron chi connectivity index (χ2n) is 3.35. The van der Waals surface area contributed by atoms with Crippen molar-refractivity contribution in [3.63, 3.8) is 0 Å². The van der Waals surface area contributed by atoms with Crippen LogP contribution in [-0.2, 0) is 6.42 Å². The highest BCUT2D eigenvalue weighted by Crippen LogP contribution is 2.37. The van der Waals surface area contributed by atoms with E-state index < -0.39 is 0 Å². The van der Waals surface area contributed by atoms with Crippen LogP contribution in [0.2, 0.25) is 0 Å². The normalized spacial score (nSPS) is 24.1. The molecule has 12 heavy (non-hydrogen) atoms. The fourth-order valence-corrected chi connectivity index (χ4v) is 3.50. The molecule has 66 valence electrons. The first-order chi connectivity index (χ1) is 5.68. The van der Waals surface area contributed by atoms with Gasteiger partial charge in [0.15, 0.2) is 0 Å². The van der Waals surface area contributed by atoms with Crippen molar-refractivity contribution in [2.45, 2.75) is 19.4 Å². The summed E-state index contributed by atoms with van der Waals surface area (Å²) < 4.78 is 1.27. The van der Waals surface area contributed by atoms with Crippen molar-refractivity contribution in [1.29, 1.82) is 0 Å². The summed E-state index contributed by atoms with van der Waals surface area (Å²) >= 11 is 5.42. The molecule has 0 N–H and O–H groups in total. The van der Waals surface area contributed by atoms with Gasteiger partial charge < -0.3 is 0 Å². The highest BCUT2D eigenvalue weighted by molar-refractivity contribution is 9.11. The average Bonchev–Trinajstić information content (AvgIpc) is 2.39. The molecular formula is C9H12BrNS. The Kier molecular flexibility index (Phi) is 2.27. The quantitative estimate of drug-likeness (QED) is 0.680. The summed E-state index contributed by atoms with van der Waals surface area (Å²) in [6, 6.07) is 2.87. The SMILES string of the molecule is CC1c2sc(Br)cc2CCN1C. The molecule has 0 radical (unpaired) electrons. The van der Waals surface area contributed by atoms with Crippen LogP contribution in [0.4, 0.5) is 0 Å². The molecule has 0 aromatic carbocycles. The molecule has 1 aliphatic heterocycles. The van der Waals surface area contributed by atoms with E-state index in [9.17, 15) is 0 Å². The summed E-state index contributed by atoms with van der Waals surface area (Å²) in [5, 5.41) is 0. The van der Waals surface area contributed by atoms with Crippen LogP contribution >= 0.6 is 27.3 Å². The highest BCUT2D eigenvalue weighted by Gasteiger charge is 2.22. The Morgan fingerprint density at radius 2 is 2.42 bits per heavy atom. The van der Waals surface area contributed by atoms with Gasteiger partial charge in [0, 0.05) is 17.5 Å². The summed E-state index contributed by atoms with van der Waals surface area (Å²) in [7, 11) is 2.20. The standard InChI is InChI=1S/C9H12BrNS/c1-6-9-7(3-4-11(6)2)5-8(10)12-9/h5-6H,3-4H2,1-2H3. The summed E-state index contributed by atoms with van der Waals surface area (Å²) in [6.45, 7) is 3.47. The minimum Gasteiger partial charge on any atom is -0.298 e. The third-order valence-corrected chi connectivity index (χ3v) is 4.44. The van der Waals surface area contributed by atoms with E-state index in [2.05, 4.69) is 40.9 Å². The van der Waals surface area contributed by atoms with Crippen molar-refractivity contribution in [3.05, 3.63) is 20.3 Å². The molecule has 2 heterocycles. The lowest BCUT2D eigenvalue weighted by Gasteiger charge is -2.29. The van der Waals surface area contributed by atoms with Gasteiger partial charge in [-0.05, 0) is 48.0 Å². The Balaban J connectivity index is 2.41. The molecular weight excluding hydrogens is 234 g/mol. The van der Waals surface area contributed by atoms with Gasteiger partial charge in [0.25, 0.3) is 0 Å². The zero-order valence-electron chi connectivity index (χ0n) is 7.30. The molecule has 0 saturated heterocycles. The van der Waals surface area contributed by atoms with Gasteiger partial charge in [0.1, 0.15) is 0 Å². The predicted octanol–water partition coefficient (Wildman–Crippen LogP) is 3.06. The number of rotatable bonds is 0. The molecule has 0 fully saturated rings. The van der Waals surface area contributed by atoms with Crippen molar-refractivity contribution >= 4 is 27.3 Å². The zero-order chi connectivity index (χ0) is 8.72. The number of hydrogen-bond donors (Lipinski definition) is 0. The second-order valence-corrected chi connectivity index (χ2v) is 5.81. The van der Waals surface area contributed by atoms with E-state index in [1.807, 2.05) is 11.3 Å². The third-order valence-electron chi connectivity index (χ3n) is 2.59. The number of fused-ring (bicyclic) bond motifs is 1. The molecule has 2 rings (SSSR count). The molecule has 1 aliphatic rings. The van der Waals surface area contributed by atoms with E-state index in [0.29, 0.717) is 6.04 Å². The minimum absolute atomic E-state index is 0.602. The Morgan fingerprint density at radius 3 is 3.17 bits per heavy atom. The van der Waals surface area contributed by atoms with E-state index in [-0.39, 0.29) is 0 Å². The van der Waals surface area contributed by atoms with Crippen LogP contribution in [0, 0.1) is 0 Å². The molecule has 0 amide bonds. The van der Waals surface area contributed by atoms with E-state index in [1.165, 1.54) is 27.2 Å². The number of hydrogen-bond acceptors (Lipinski definition) is 2. The zero-order valence-corrected chi connectivity index (χ0v) is 9.70. The molecule has 1 atom stereocenters. The maximum Gasteiger partial charge on any atom is 0.0704 e. The molecule has 0 bridgehead atoms. The van der Waals surface area contributed by atoms with Crippen LogP contribution in [0.1, 0.15) is 23.4 Å². The number of thiophene rings is 1. The van der Waals surface area contributed by atoms with Crippen LogP contribution in [0.15, 0.2) is 9.85 Å². The molecule has 0 saturated carbocycles. The predicted molar refractivity (Wildman–Crippen MR) is 56.8 cm³/mol. The van der Waals surface area contributed by atoms with Crippen LogP contribution in [0.25, 0.3) is 0 Å². The number of halogens is 1. The Hall–Kier alpha value is 0.140. The maximum atomic E-state index is 3.54. The summed E-state index contributed by atoms with van der Waals surface area (Å²) in [6.07, 6.45) is 1.21. The molecule has 0 spiro atoms. The van der Waals surface area contributed by atoms with Gasteiger partial charge in [-0.25, -0.2) is 0 Å². The van der Waals surface area contributed by atoms with Crippen LogP contribution < -0.4 is 0 Å². The van der Waals surface area contributed by atoms with Crippen LogP contribution in [0.3, 0.4) is 0 Å². The molecule has 3 heteroatoms. The lowest BCUT2D eigenvalue weighted by Crippen LogP contribution is -2.28. The number of nitrogens with zero attached hydrogens (tertiary/aromatic N) is 1. The van der Waals surface area contributed by atoms with Gasteiger partial charge in [0.2, 0.25) is 0 Å². The van der Waals surface area contributed by atoms with E-state index in [0.717, 1.165) is 0 Å². The Bertz CT molecular complexity index is 295. The first kappa shape index (κ1) is 8.73. The molecule has 1 unspecified atom stereocenters. The fraction of sp³-hybridized carbons (Fsp3) is 0.556. The first-order valence-corrected chi connectivity index (χ1v) is 5.78. The number of likely N-dealkylation sites (N-methyl/N-ethyl adjacent to an activating group) is 1. The van der Waals surface area contributed by atoms with Crippen molar-refractivity contribution in [2.75, 3.05) is 13.6 Å². The highest BCUT2D eigenvalue weighted by atomic mass is 79.9. The van der Waals surface area contributed by atoms with Crippen molar-refractivity contribution in [3.8, 4) is 0 Å². The summed E-state index contributed by atoms with van der Waals surface area (Å²) in [5.74, 6) is 0. The van der Waals surface area contributed by atoms with Gasteiger partial charge in [-0.3, -0.25) is 4.90 Å². The van der Waals surface area contributed by atoms with Crippen molar-refractivity contribution in [2.24, 2.45) is 0 Å². The van der Waals surface area contributed by atoms with Gasteiger partial charge in [-0.1, -0.05) is 0 Å². The Labute approximate surface area is 85.5 Å². The van der Waals surface area contributed by atoms with Crippen molar-refractivity contribution < 1.29 is 0 Å². The van der Waals surface area contributed by atoms with E-state index in [1.54, 1.807) is 0 Å². The molecule has 1 aromatic heterocycles. The van der Waals surface area contributed by atoms with Crippen LogP contribution in [-0.4, -0.2) is 18.5 Å². The summed E-state index contributed by atoms with van der Waals surface area (Å²) in [4.78, 5) is 3.95. The third kappa shape index (κ3) is 1.34. The first-order valence-electron chi connectivity index (χ1n) is 4.17. The molecule has 0 aliphatic carbocycles. The molecule has 1 nitrogen and oxygen atoms in total. The van der Waals surface area contributed by atoms with Crippen LogP contribution in [0.5, 0.6) is 0 Å². The van der Waals surface area contributed by atoms with Gasteiger partial charge in [-0.2, -0.15) is 0 Å². The fourth-order valence-electron chi connectivity index (χ4n) is 1.65. The average molecular weight is 246 g/mol. The van der Waals surface area contributed by atoms with Crippen molar-refractivity contribution in [1.82, 2.24) is 4.90 Å². The van der Waals surface area contributed by atoms with Gasteiger partial charge in [0.05, 0.1) is 3.79 Å². The van der Waals surface area contributed by atoms with E-state index >= 15 is 0 Å². The smallest absolute Gasteiger partial charge is 0.0704 e. The monoisotopic (exact) mass is 245 g/mol. The van der Waals surface area contributed by atoms with E-state index in [4.69, 9.17) is 0 Å². The lowest BCUT2D eigenvalue weighted by molar-refractivity contribution is 0.252. The molecule has 1 aromatic rings. The lowest BCUT2D eigenvalue weighted by atomic mass is 10.0. The summed E-state index contributed by atoms with van der Waals surface area (Å²) in [5.41, 5.74) is 1.54. The topological polar surface area (TPSA) is 3.24 Å². The largest absolute Gasteiger partial charge is 0.298 e. The Morgan fingerprint density at radius 1 is 1.67 bits per heavy atom. The second kappa shape index (κ2) is 3.13. The van der Waals surface area contributed by atoms with Gasteiger partial charge >= 0.3 is 0 Å². The minimum atomic E-state index is 0.602. The van der Waals surface area contributed by atoms with Gasteiger partial charge in [-0.15, -0.1) is 11.3 Å².